The molecule has 9 atom stereocenters. The number of primary amides is 1. The van der Waals surface area contributed by atoms with Crippen molar-refractivity contribution in [2.24, 2.45) is 23.1 Å². The number of nitrogens with two attached hydrogens (primary N) is 3. The number of unbranched alkanes of at least 4 members (excludes halogenated alkanes) is 1. The second-order valence-electron chi connectivity index (χ2n) is 21.4. The highest BCUT2D eigenvalue weighted by molar-refractivity contribution is 8.76. The van der Waals surface area contributed by atoms with Gasteiger partial charge in [0.1, 0.15) is 41.7 Å². The molecular formula is C60H79ClN10O12S2. The fourth-order valence-electron chi connectivity index (χ4n) is 9.66. The second kappa shape index (κ2) is 34.4. The first kappa shape index (κ1) is 67.4. The Kier molecular flexibility index (Phi) is 27.3. The molecule has 0 bridgehead atoms. The van der Waals surface area contributed by atoms with Crippen molar-refractivity contribution in [3.63, 3.8) is 0 Å². The Hall–Kier alpha value is -6.77. The van der Waals surface area contributed by atoms with Crippen LogP contribution in [0.2, 0.25) is 5.02 Å². The van der Waals surface area contributed by atoms with Gasteiger partial charge in [0.15, 0.2) is 5.78 Å². The van der Waals surface area contributed by atoms with E-state index in [1.165, 1.54) is 43.3 Å². The summed E-state index contributed by atoms with van der Waals surface area (Å²) < 4.78 is 5.49. The van der Waals surface area contributed by atoms with Gasteiger partial charge in [-0.15, -0.1) is 0 Å². The predicted octanol–water partition coefficient (Wildman–Crippen LogP) is 1.49. The van der Waals surface area contributed by atoms with E-state index < -0.39 is 108 Å². The van der Waals surface area contributed by atoms with Gasteiger partial charge in [-0.2, -0.15) is 0 Å². The number of nitrogens with zero attached hydrogens (tertiary/aromatic N) is 1. The van der Waals surface area contributed by atoms with Gasteiger partial charge < -0.3 is 69.2 Å². The van der Waals surface area contributed by atoms with E-state index in [2.05, 4.69) is 36.8 Å². The van der Waals surface area contributed by atoms with E-state index in [1.54, 1.807) is 36.4 Å². The lowest BCUT2D eigenvalue weighted by molar-refractivity contribution is -0.137. The summed E-state index contributed by atoms with van der Waals surface area (Å²) in [4.78, 5) is 117. The lowest BCUT2D eigenvalue weighted by Crippen LogP contribution is -2.62. The smallest absolute Gasteiger partial charge is 0.245 e. The number of carbonyl (C=O) groups is 8. The summed E-state index contributed by atoms with van der Waals surface area (Å²) in [5, 5.41) is 47.8. The standard InChI is InChI=1S/C60H79ClN10O12S2/c1-36(72)53-60(82)69-51(59(81)66-48(54(64)76)31-41-15-21-45(74)22-16-41)35-85-84-34-50(68-56(78)46(63)30-39-11-17-43(61)18-12-39)52(75)33-42(29-38-13-19-44(73)20-14-38)55(77)67-49(58(80)65-47(57(79)70-53)6-2-3-23-62)32-40-9-7-37(8-10-40)5-4-24-71-25-27-83-28-26-71/h7-22,36,42,46-51,53,72-74H,2-6,23-35,62-63H2,1H3,(H2,64,76)(H,65,80)(H,66,81)(H,67,77)(H,68,78)(H,69,82)(H,70,79)/t36-,42-,46+,47+,48-,49-,50-,51+,53+/m1/s1. The van der Waals surface area contributed by atoms with Gasteiger partial charge in [0, 0.05) is 54.8 Å². The molecule has 0 spiro atoms. The number of hydrogen-bond donors (Lipinski definition) is 12. The van der Waals surface area contributed by atoms with Crippen LogP contribution in [-0.2, 0) is 75.2 Å². The monoisotopic (exact) mass is 1230 g/mol. The van der Waals surface area contributed by atoms with Gasteiger partial charge in [0.2, 0.25) is 41.4 Å². The number of halogens is 1. The Morgan fingerprint density at radius 3 is 1.91 bits per heavy atom. The number of aryl methyl sites for hydroxylation is 1. The lowest BCUT2D eigenvalue weighted by atomic mass is 9.90. The normalized spacial score (nSPS) is 21.9. The lowest BCUT2D eigenvalue weighted by Gasteiger charge is -2.29. The van der Waals surface area contributed by atoms with E-state index in [9.17, 15) is 53.7 Å². The van der Waals surface area contributed by atoms with Crippen molar-refractivity contribution in [2.45, 2.75) is 120 Å². The number of aromatic hydroxyl groups is 2. The molecule has 4 aromatic carbocycles. The zero-order chi connectivity index (χ0) is 61.4. The van der Waals surface area contributed by atoms with Crippen LogP contribution in [0.1, 0.15) is 66.8 Å². The van der Waals surface area contributed by atoms with Crippen LogP contribution < -0.4 is 49.1 Å². The van der Waals surface area contributed by atoms with Crippen LogP contribution in [0, 0.1) is 5.92 Å². The third-order valence-corrected chi connectivity index (χ3v) is 17.3. The van der Waals surface area contributed by atoms with Crippen LogP contribution in [0.4, 0.5) is 0 Å². The second-order valence-corrected chi connectivity index (χ2v) is 24.4. The number of phenolic OH excluding ortho intramolecular Hbond substituents is 2. The average molecular weight is 1230 g/mol. The molecule has 7 amide bonds. The van der Waals surface area contributed by atoms with Crippen LogP contribution in [0.3, 0.4) is 0 Å². The van der Waals surface area contributed by atoms with Crippen molar-refractivity contribution < 1.29 is 58.4 Å². The van der Waals surface area contributed by atoms with Gasteiger partial charge >= 0.3 is 0 Å². The van der Waals surface area contributed by atoms with Gasteiger partial charge in [-0.3, -0.25) is 43.3 Å². The Labute approximate surface area is 508 Å². The van der Waals surface area contributed by atoms with Crippen molar-refractivity contribution in [3.05, 3.63) is 130 Å². The molecule has 2 saturated heterocycles. The molecule has 0 saturated carbocycles. The van der Waals surface area contributed by atoms with Gasteiger partial charge in [-0.1, -0.05) is 93.9 Å². The maximum atomic E-state index is 15.0. The molecule has 4 aromatic rings. The molecule has 85 heavy (non-hydrogen) atoms. The van der Waals surface area contributed by atoms with Crippen molar-refractivity contribution in [3.8, 4) is 11.5 Å². The minimum atomic E-state index is -1.72. The molecule has 15 N–H and O–H groups in total. The number of carbonyl (C=O) groups excluding carboxylic acids is 8. The first-order chi connectivity index (χ1) is 40.7. The summed E-state index contributed by atoms with van der Waals surface area (Å²) >= 11 is 6.11. The molecule has 2 aliphatic rings. The number of hydrogen-bond acceptors (Lipinski definition) is 17. The minimum absolute atomic E-state index is 0.00557. The number of rotatable bonds is 22. The highest BCUT2D eigenvalue weighted by atomic mass is 35.5. The van der Waals surface area contributed by atoms with Crippen LogP contribution in [0.15, 0.2) is 97.1 Å². The van der Waals surface area contributed by atoms with Gasteiger partial charge in [0.25, 0.3) is 0 Å². The summed E-state index contributed by atoms with van der Waals surface area (Å²) in [5.41, 5.74) is 21.5. The maximum absolute atomic E-state index is 15.0. The largest absolute Gasteiger partial charge is 0.508 e. The first-order valence-electron chi connectivity index (χ1n) is 28.5. The minimum Gasteiger partial charge on any atom is -0.508 e. The number of Topliss-reactive ketones (excluding diaryl/α,β-unsaturated/α-hetero) is 1. The zero-order valence-corrected chi connectivity index (χ0v) is 49.9. The number of phenols is 2. The zero-order valence-electron chi connectivity index (χ0n) is 47.6. The fourth-order valence-corrected chi connectivity index (χ4v) is 12.1. The van der Waals surface area contributed by atoms with Crippen molar-refractivity contribution in [1.82, 2.24) is 36.8 Å². The van der Waals surface area contributed by atoms with E-state index in [-0.39, 0.29) is 61.7 Å². The fraction of sp³-hybridized carbons (Fsp3) is 0.467. The molecule has 2 heterocycles. The van der Waals surface area contributed by atoms with Crippen LogP contribution in [-0.4, -0.2) is 167 Å². The summed E-state index contributed by atoms with van der Waals surface area (Å²) in [6, 6.07) is 16.5. The Balaban J connectivity index is 1.36. The molecule has 22 nitrogen and oxygen atoms in total. The van der Waals surface area contributed by atoms with E-state index >= 15 is 0 Å². The van der Waals surface area contributed by atoms with E-state index in [0.717, 1.165) is 59.6 Å². The molecule has 2 aliphatic heterocycles. The first-order valence-corrected chi connectivity index (χ1v) is 31.3. The topological polar surface area (TPSA) is 360 Å². The number of ether oxygens (including phenoxy) is 1. The molecule has 25 heteroatoms. The molecule has 0 radical (unpaired) electrons. The summed E-state index contributed by atoms with van der Waals surface area (Å²) in [6.45, 7) is 5.52. The average Bonchev–Trinajstić information content (AvgIpc) is 3.67. The molecular weight excluding hydrogens is 1150 g/mol. The third-order valence-electron chi connectivity index (χ3n) is 14.7. The third kappa shape index (κ3) is 22.5. The quantitative estimate of drug-likeness (QED) is 0.0392. The van der Waals surface area contributed by atoms with Crippen molar-refractivity contribution >= 4 is 80.3 Å². The molecule has 6 rings (SSSR count). The molecule has 0 aliphatic carbocycles. The number of aliphatic hydroxyl groups excluding tert-OH is 1. The van der Waals surface area contributed by atoms with E-state index in [0.29, 0.717) is 53.3 Å². The Bertz CT molecular complexity index is 2850. The Morgan fingerprint density at radius 2 is 1.27 bits per heavy atom. The molecule has 460 valence electrons. The summed E-state index contributed by atoms with van der Waals surface area (Å²) in [5.74, 6) is -8.23. The van der Waals surface area contributed by atoms with Crippen molar-refractivity contribution in [1.29, 1.82) is 0 Å². The summed E-state index contributed by atoms with van der Waals surface area (Å²) in [6.07, 6.45) is 0.218. The number of ketones is 1. The summed E-state index contributed by atoms with van der Waals surface area (Å²) in [7, 11) is 2.03. The number of morpholine rings is 1. The molecule has 0 aromatic heterocycles. The van der Waals surface area contributed by atoms with Gasteiger partial charge in [0.05, 0.1) is 31.4 Å². The molecule has 2 fully saturated rings. The van der Waals surface area contributed by atoms with E-state index in [1.807, 2.05) is 24.3 Å². The highest BCUT2D eigenvalue weighted by Gasteiger charge is 2.37. The SMILES string of the molecule is C[C@@H](O)[C@@H]1NC(=O)[C@H](CCCCN)NC(=O)[C@@H](Cc2ccc(CCCN3CCOCC3)cc2)NC(=O)[C@H](Cc2ccc(O)cc2)CC(=O)[C@H](NC(=O)[C@@H](N)Cc2ccc(Cl)cc2)CSSC[C@@H](C(=O)N[C@H](Cc2ccc(O)cc2)C(N)=O)NC1=O. The molecule has 0 unspecified atom stereocenters. The van der Waals surface area contributed by atoms with Gasteiger partial charge in [-0.25, -0.2) is 0 Å². The van der Waals surface area contributed by atoms with Crippen LogP contribution >= 0.6 is 33.2 Å². The number of nitrogens with one attached hydrogen (secondary N) is 6. The number of benzene rings is 4. The van der Waals surface area contributed by atoms with Crippen LogP contribution in [0.5, 0.6) is 11.5 Å². The predicted molar refractivity (Wildman–Crippen MR) is 326 cm³/mol. The van der Waals surface area contributed by atoms with Crippen LogP contribution in [0.25, 0.3) is 0 Å². The number of aliphatic hydroxyl groups is 1. The van der Waals surface area contributed by atoms with E-state index in [4.69, 9.17) is 33.5 Å². The highest BCUT2D eigenvalue weighted by Crippen LogP contribution is 2.26. The Morgan fingerprint density at radius 1 is 0.706 bits per heavy atom. The van der Waals surface area contributed by atoms with Crippen molar-refractivity contribution in [2.75, 3.05) is 50.9 Å². The number of amides is 7. The maximum Gasteiger partial charge on any atom is 0.245 e. The van der Waals surface area contributed by atoms with Gasteiger partial charge in [-0.05, 0) is 129 Å².